The third-order valence-corrected chi connectivity index (χ3v) is 3.14. The van der Waals surface area contributed by atoms with Crippen LogP contribution in [0.15, 0.2) is 18.2 Å². The first-order valence-corrected chi connectivity index (χ1v) is 7.02. The average molecular weight is 308 g/mol. The Labute approximate surface area is 127 Å². The summed E-state index contributed by atoms with van der Waals surface area (Å²) < 4.78 is 1.62. The van der Waals surface area contributed by atoms with E-state index in [9.17, 15) is 15.0 Å². The van der Waals surface area contributed by atoms with Gasteiger partial charge >= 0.3 is 5.97 Å². The molecule has 2 rings (SSSR count). The number of nitrogens with zero attached hydrogens (tertiary/aromatic N) is 4. The molecule has 2 aromatic rings. The zero-order chi connectivity index (χ0) is 16.3. The Bertz CT molecular complexity index is 643. The Morgan fingerprint density at radius 1 is 1.27 bits per heavy atom. The summed E-state index contributed by atoms with van der Waals surface area (Å²) in [5.41, 5.74) is 1.35. The van der Waals surface area contributed by atoms with Crippen molar-refractivity contribution in [3.8, 4) is 0 Å². The van der Waals surface area contributed by atoms with Crippen LogP contribution >= 0.6 is 0 Å². The van der Waals surface area contributed by atoms with Gasteiger partial charge in [0.2, 0.25) is 0 Å². The maximum absolute atomic E-state index is 11.0. The Morgan fingerprint density at radius 3 is 2.45 bits per heavy atom. The first-order chi connectivity index (χ1) is 10.4. The molecule has 120 valence electrons. The van der Waals surface area contributed by atoms with E-state index in [4.69, 9.17) is 5.11 Å². The molecule has 0 saturated carbocycles. The Kier molecular flexibility index (Phi) is 5.07. The largest absolute Gasteiger partial charge is 0.478 e. The molecule has 8 heteroatoms. The van der Waals surface area contributed by atoms with Gasteiger partial charge in [0.1, 0.15) is 5.52 Å². The minimum Gasteiger partial charge on any atom is -0.478 e. The summed E-state index contributed by atoms with van der Waals surface area (Å²) in [6.45, 7) is 4.47. The predicted molar refractivity (Wildman–Crippen MR) is 79.4 cm³/mol. The standard InChI is InChI=1S/C14H20N4O4/c1-9(19)6-17(7-10(2)20)8-18-13-4-3-11(14(21)22)5-12(13)15-16-18/h3-5,9-10,19-20H,6-8H2,1-2H3,(H,21,22). The van der Waals surface area contributed by atoms with E-state index in [1.54, 1.807) is 24.6 Å². The van der Waals surface area contributed by atoms with Crippen LogP contribution in [0.3, 0.4) is 0 Å². The van der Waals surface area contributed by atoms with E-state index >= 15 is 0 Å². The molecule has 1 aromatic heterocycles. The molecule has 0 aliphatic heterocycles. The molecule has 1 aromatic carbocycles. The van der Waals surface area contributed by atoms with Crippen LogP contribution in [-0.2, 0) is 6.67 Å². The Morgan fingerprint density at radius 2 is 1.91 bits per heavy atom. The van der Waals surface area contributed by atoms with E-state index in [2.05, 4.69) is 10.3 Å². The van der Waals surface area contributed by atoms with E-state index in [0.29, 0.717) is 30.8 Å². The quantitative estimate of drug-likeness (QED) is 0.667. The van der Waals surface area contributed by atoms with E-state index in [-0.39, 0.29) is 5.56 Å². The average Bonchev–Trinajstić information content (AvgIpc) is 2.79. The highest BCUT2D eigenvalue weighted by molar-refractivity contribution is 5.92. The fourth-order valence-electron chi connectivity index (χ4n) is 2.34. The van der Waals surface area contributed by atoms with Crippen LogP contribution in [0.1, 0.15) is 24.2 Å². The van der Waals surface area contributed by atoms with E-state index < -0.39 is 18.2 Å². The van der Waals surface area contributed by atoms with Gasteiger partial charge in [-0.15, -0.1) is 5.10 Å². The van der Waals surface area contributed by atoms with Crippen LogP contribution in [-0.4, -0.2) is 66.5 Å². The smallest absolute Gasteiger partial charge is 0.335 e. The van der Waals surface area contributed by atoms with Crippen molar-refractivity contribution in [3.63, 3.8) is 0 Å². The Balaban J connectivity index is 2.23. The Hall–Kier alpha value is -2.03. The van der Waals surface area contributed by atoms with Crippen LogP contribution in [0.2, 0.25) is 0 Å². The molecule has 0 aliphatic carbocycles. The molecule has 0 bridgehead atoms. The summed E-state index contributed by atoms with van der Waals surface area (Å²) in [6.07, 6.45) is -1.07. The van der Waals surface area contributed by atoms with Gasteiger partial charge in [-0.05, 0) is 32.0 Å². The minimum atomic E-state index is -1.01. The highest BCUT2D eigenvalue weighted by atomic mass is 16.4. The molecule has 8 nitrogen and oxygen atoms in total. The van der Waals surface area contributed by atoms with Crippen molar-refractivity contribution in [2.75, 3.05) is 13.1 Å². The number of aromatic nitrogens is 3. The number of hydrogen-bond acceptors (Lipinski definition) is 6. The van der Waals surface area contributed by atoms with Crippen LogP contribution in [0, 0.1) is 0 Å². The summed E-state index contributed by atoms with van der Waals surface area (Å²) in [4.78, 5) is 12.8. The minimum absolute atomic E-state index is 0.157. The summed E-state index contributed by atoms with van der Waals surface area (Å²) in [7, 11) is 0. The lowest BCUT2D eigenvalue weighted by Crippen LogP contribution is -2.37. The zero-order valence-electron chi connectivity index (χ0n) is 12.5. The van der Waals surface area contributed by atoms with E-state index in [1.807, 2.05) is 4.90 Å². The van der Waals surface area contributed by atoms with Gasteiger partial charge in [-0.3, -0.25) is 4.90 Å². The molecule has 22 heavy (non-hydrogen) atoms. The van der Waals surface area contributed by atoms with Crippen LogP contribution in [0.25, 0.3) is 11.0 Å². The second-order valence-electron chi connectivity index (χ2n) is 5.47. The maximum Gasteiger partial charge on any atom is 0.335 e. The number of aliphatic hydroxyl groups excluding tert-OH is 2. The normalized spacial score (nSPS) is 14.4. The van der Waals surface area contributed by atoms with Gasteiger partial charge in [0.25, 0.3) is 0 Å². The molecular formula is C14H20N4O4. The number of fused-ring (bicyclic) bond motifs is 1. The van der Waals surface area contributed by atoms with Crippen molar-refractivity contribution in [1.82, 2.24) is 19.9 Å². The number of carboxylic acids is 1. The van der Waals surface area contributed by atoms with Crippen LogP contribution in [0.5, 0.6) is 0 Å². The van der Waals surface area contributed by atoms with Crippen molar-refractivity contribution >= 4 is 17.0 Å². The zero-order valence-corrected chi connectivity index (χ0v) is 12.5. The summed E-state index contributed by atoms with van der Waals surface area (Å²) in [5.74, 6) is -1.01. The molecule has 0 radical (unpaired) electrons. The number of rotatable bonds is 7. The van der Waals surface area contributed by atoms with Crippen molar-refractivity contribution < 1.29 is 20.1 Å². The number of carboxylic acid groups (broad SMARTS) is 1. The van der Waals surface area contributed by atoms with Crippen molar-refractivity contribution in [3.05, 3.63) is 23.8 Å². The molecule has 1 heterocycles. The fraction of sp³-hybridized carbons (Fsp3) is 0.500. The monoisotopic (exact) mass is 308 g/mol. The molecule has 2 unspecified atom stereocenters. The van der Waals surface area contributed by atoms with Gasteiger partial charge < -0.3 is 15.3 Å². The number of carbonyl (C=O) groups is 1. The molecule has 0 saturated heterocycles. The molecule has 0 fully saturated rings. The lowest BCUT2D eigenvalue weighted by molar-refractivity contribution is 0.0631. The molecular weight excluding hydrogens is 288 g/mol. The summed E-state index contributed by atoms with van der Waals surface area (Å²) >= 11 is 0. The number of hydrogen-bond donors (Lipinski definition) is 3. The maximum atomic E-state index is 11.0. The van der Waals surface area contributed by atoms with Crippen molar-refractivity contribution in [2.24, 2.45) is 0 Å². The lowest BCUT2D eigenvalue weighted by atomic mass is 10.2. The van der Waals surface area contributed by atoms with Crippen molar-refractivity contribution in [1.29, 1.82) is 0 Å². The number of aromatic carboxylic acids is 1. The highest BCUT2D eigenvalue weighted by Gasteiger charge is 2.15. The van der Waals surface area contributed by atoms with Crippen LogP contribution < -0.4 is 0 Å². The molecule has 0 aliphatic rings. The van der Waals surface area contributed by atoms with Crippen molar-refractivity contribution in [2.45, 2.75) is 32.7 Å². The second kappa shape index (κ2) is 6.82. The van der Waals surface area contributed by atoms with Gasteiger partial charge in [0.05, 0.1) is 30.0 Å². The number of aliphatic hydroxyl groups is 2. The first-order valence-electron chi connectivity index (χ1n) is 7.02. The lowest BCUT2D eigenvalue weighted by Gasteiger charge is -2.24. The summed E-state index contributed by atoms with van der Waals surface area (Å²) in [6, 6.07) is 4.62. The van der Waals surface area contributed by atoms with Gasteiger partial charge in [0, 0.05) is 13.1 Å². The SMILES string of the molecule is CC(O)CN(CC(C)O)Cn1nnc2cc(C(=O)O)ccc21. The molecule has 0 spiro atoms. The summed E-state index contributed by atoms with van der Waals surface area (Å²) in [5, 5.41) is 36.0. The molecule has 0 amide bonds. The third kappa shape index (κ3) is 4.00. The third-order valence-electron chi connectivity index (χ3n) is 3.14. The van der Waals surface area contributed by atoms with Gasteiger partial charge in [-0.2, -0.15) is 0 Å². The first kappa shape index (κ1) is 16.3. The highest BCUT2D eigenvalue weighted by Crippen LogP contribution is 2.14. The van der Waals surface area contributed by atoms with E-state index in [0.717, 1.165) is 0 Å². The molecule has 3 N–H and O–H groups in total. The van der Waals surface area contributed by atoms with Crippen LogP contribution in [0.4, 0.5) is 0 Å². The molecule has 2 atom stereocenters. The van der Waals surface area contributed by atoms with E-state index in [1.165, 1.54) is 12.1 Å². The second-order valence-corrected chi connectivity index (χ2v) is 5.47. The fourth-order valence-corrected chi connectivity index (χ4v) is 2.34. The van der Waals surface area contributed by atoms with Gasteiger partial charge in [-0.25, -0.2) is 9.48 Å². The predicted octanol–water partition coefficient (Wildman–Crippen LogP) is 0.151. The topological polar surface area (TPSA) is 112 Å². The van der Waals surface area contributed by atoms with Gasteiger partial charge in [0.15, 0.2) is 0 Å². The van der Waals surface area contributed by atoms with Gasteiger partial charge in [-0.1, -0.05) is 5.21 Å². The number of benzene rings is 1.